The number of rotatable bonds is 6. The van der Waals surface area contributed by atoms with Gasteiger partial charge in [-0.15, -0.1) is 0 Å². The number of benzene rings is 3. The molecular formula is C26H24N4O2S. The second-order valence-corrected chi connectivity index (χ2v) is 8.89. The Balaban J connectivity index is 1.45. The second kappa shape index (κ2) is 9.11. The van der Waals surface area contributed by atoms with Crippen molar-refractivity contribution in [2.24, 2.45) is 12.1 Å². The van der Waals surface area contributed by atoms with Crippen molar-refractivity contribution in [2.45, 2.75) is 17.6 Å². The Hall–Kier alpha value is -3.58. The first-order chi connectivity index (χ1) is 16.1. The summed E-state index contributed by atoms with van der Waals surface area (Å²) in [5, 5.41) is 9.61. The van der Waals surface area contributed by atoms with E-state index in [4.69, 9.17) is 9.84 Å². The quantitative estimate of drug-likeness (QED) is 0.381. The van der Waals surface area contributed by atoms with Crippen LogP contribution in [0, 0.1) is 0 Å². The summed E-state index contributed by atoms with van der Waals surface area (Å²) in [7, 11) is 3.57. The molecule has 1 atom stereocenters. The Bertz CT molecular complexity index is 1330. The number of thioether (sulfide) groups is 1. The number of fused-ring (bicyclic) bond motifs is 1. The minimum Gasteiger partial charge on any atom is -0.497 e. The van der Waals surface area contributed by atoms with Crippen molar-refractivity contribution in [1.29, 1.82) is 0 Å². The first-order valence-electron chi connectivity index (χ1n) is 10.7. The molecule has 166 valence electrons. The largest absolute Gasteiger partial charge is 0.497 e. The molecule has 0 saturated heterocycles. The van der Waals surface area contributed by atoms with Gasteiger partial charge in [-0.1, -0.05) is 60.3 Å². The van der Waals surface area contributed by atoms with E-state index >= 15 is 0 Å². The number of carbonyl (C=O) groups excluding carboxylic acids is 1. The van der Waals surface area contributed by atoms with Crippen LogP contribution in [-0.2, 0) is 11.8 Å². The standard InChI is InChI=1S/C26H24N4O2S/c1-29-14-13-27-26(29)33-17-25(31)30-24(19-9-11-22(32-2)12-10-19)16-23(28-30)21-8-7-18-5-3-4-6-20(18)15-21/h3-15,24H,16-17H2,1-2H3. The Morgan fingerprint density at radius 3 is 2.61 bits per heavy atom. The molecule has 0 bridgehead atoms. The number of amides is 1. The van der Waals surface area contributed by atoms with Crippen LogP contribution in [0.2, 0.25) is 0 Å². The van der Waals surface area contributed by atoms with E-state index in [1.807, 2.05) is 54.2 Å². The third-order valence-corrected chi connectivity index (χ3v) is 6.89. The maximum Gasteiger partial charge on any atom is 0.253 e. The van der Waals surface area contributed by atoms with Crippen molar-refractivity contribution in [3.8, 4) is 5.75 Å². The Labute approximate surface area is 196 Å². The molecule has 0 fully saturated rings. The van der Waals surface area contributed by atoms with Gasteiger partial charge in [0.15, 0.2) is 5.16 Å². The highest BCUT2D eigenvalue weighted by Gasteiger charge is 2.33. The van der Waals surface area contributed by atoms with Crippen molar-refractivity contribution >= 4 is 34.2 Å². The molecule has 0 N–H and O–H groups in total. The third-order valence-electron chi connectivity index (χ3n) is 5.85. The van der Waals surface area contributed by atoms with Gasteiger partial charge in [0.1, 0.15) is 5.75 Å². The smallest absolute Gasteiger partial charge is 0.253 e. The highest BCUT2D eigenvalue weighted by molar-refractivity contribution is 7.99. The van der Waals surface area contributed by atoms with Crippen LogP contribution in [0.4, 0.5) is 0 Å². The van der Waals surface area contributed by atoms with Gasteiger partial charge in [-0.2, -0.15) is 5.10 Å². The Morgan fingerprint density at radius 2 is 1.88 bits per heavy atom. The number of aryl methyl sites for hydroxylation is 1. The van der Waals surface area contributed by atoms with Crippen molar-refractivity contribution in [2.75, 3.05) is 12.9 Å². The van der Waals surface area contributed by atoms with Gasteiger partial charge in [0.2, 0.25) is 0 Å². The number of hydrogen-bond donors (Lipinski definition) is 0. The molecule has 1 amide bonds. The predicted octanol–water partition coefficient (Wildman–Crippen LogP) is 5.05. The molecule has 7 heteroatoms. The topological polar surface area (TPSA) is 59.7 Å². The first-order valence-corrected chi connectivity index (χ1v) is 11.7. The maximum atomic E-state index is 13.3. The molecule has 0 aliphatic carbocycles. The number of nitrogens with zero attached hydrogens (tertiary/aromatic N) is 4. The SMILES string of the molecule is COc1ccc(C2CC(c3ccc4ccccc4c3)=NN2C(=O)CSc2nccn2C)cc1. The molecule has 0 radical (unpaired) electrons. The Morgan fingerprint density at radius 1 is 1.09 bits per heavy atom. The zero-order chi connectivity index (χ0) is 22.8. The lowest BCUT2D eigenvalue weighted by Crippen LogP contribution is -2.28. The summed E-state index contributed by atoms with van der Waals surface area (Å²) in [5.41, 5.74) is 2.99. The number of methoxy groups -OCH3 is 1. The number of carbonyl (C=O) groups is 1. The molecule has 3 aromatic carbocycles. The van der Waals surface area contributed by atoms with Crippen LogP contribution >= 0.6 is 11.8 Å². The predicted molar refractivity (Wildman–Crippen MR) is 132 cm³/mol. The zero-order valence-electron chi connectivity index (χ0n) is 18.5. The summed E-state index contributed by atoms with van der Waals surface area (Å²) in [6.45, 7) is 0. The fourth-order valence-electron chi connectivity index (χ4n) is 4.05. The van der Waals surface area contributed by atoms with Crippen molar-refractivity contribution < 1.29 is 9.53 Å². The van der Waals surface area contributed by atoms with Crippen LogP contribution in [0.25, 0.3) is 10.8 Å². The lowest BCUT2D eigenvalue weighted by molar-refractivity contribution is -0.130. The number of imidazole rings is 1. The zero-order valence-corrected chi connectivity index (χ0v) is 19.3. The van der Waals surface area contributed by atoms with Crippen molar-refractivity contribution in [3.63, 3.8) is 0 Å². The van der Waals surface area contributed by atoms with E-state index in [0.29, 0.717) is 6.42 Å². The van der Waals surface area contributed by atoms with Crippen LogP contribution in [0.15, 0.2) is 89.4 Å². The van der Waals surface area contributed by atoms with Gasteiger partial charge in [0.25, 0.3) is 5.91 Å². The minimum atomic E-state index is -0.160. The van der Waals surface area contributed by atoms with Crippen molar-refractivity contribution in [1.82, 2.24) is 14.6 Å². The first kappa shape index (κ1) is 21.3. The molecule has 1 aliphatic heterocycles. The second-order valence-electron chi connectivity index (χ2n) is 7.95. The monoisotopic (exact) mass is 456 g/mol. The fourth-order valence-corrected chi connectivity index (χ4v) is 4.84. The summed E-state index contributed by atoms with van der Waals surface area (Å²) in [5.74, 6) is 1.02. The van der Waals surface area contributed by atoms with E-state index in [1.165, 1.54) is 17.1 Å². The molecule has 1 aliphatic rings. The molecule has 1 unspecified atom stereocenters. The molecule has 4 aromatic rings. The van der Waals surface area contributed by atoms with Crippen molar-refractivity contribution in [3.05, 3.63) is 90.3 Å². The molecular weight excluding hydrogens is 432 g/mol. The molecule has 2 heterocycles. The van der Waals surface area contributed by atoms with Gasteiger partial charge in [-0.05, 0) is 40.1 Å². The van der Waals surface area contributed by atoms with Crippen LogP contribution < -0.4 is 4.74 Å². The van der Waals surface area contributed by atoms with Crippen LogP contribution in [0.5, 0.6) is 5.75 Å². The van der Waals surface area contributed by atoms with E-state index in [0.717, 1.165) is 33.1 Å². The van der Waals surface area contributed by atoms with Crippen LogP contribution in [0.3, 0.4) is 0 Å². The summed E-state index contributed by atoms with van der Waals surface area (Å²) >= 11 is 1.42. The molecule has 0 saturated carbocycles. The van der Waals surface area contributed by atoms with Gasteiger partial charge in [-0.25, -0.2) is 9.99 Å². The number of aromatic nitrogens is 2. The average Bonchev–Trinajstić information content (AvgIpc) is 3.49. The van der Waals surface area contributed by atoms with Gasteiger partial charge < -0.3 is 9.30 Å². The molecule has 5 rings (SSSR count). The third kappa shape index (κ3) is 4.36. The average molecular weight is 457 g/mol. The molecule has 6 nitrogen and oxygen atoms in total. The number of hydrogen-bond acceptors (Lipinski definition) is 5. The van der Waals surface area contributed by atoms with Crippen LogP contribution in [0.1, 0.15) is 23.6 Å². The highest BCUT2D eigenvalue weighted by Crippen LogP contribution is 2.35. The molecule has 33 heavy (non-hydrogen) atoms. The van der Waals surface area contributed by atoms with E-state index in [1.54, 1.807) is 18.3 Å². The van der Waals surface area contributed by atoms with E-state index in [2.05, 4.69) is 35.3 Å². The Kier molecular flexibility index (Phi) is 5.88. The normalized spacial score (nSPS) is 15.6. The van der Waals surface area contributed by atoms with Gasteiger partial charge >= 0.3 is 0 Å². The molecule has 1 aromatic heterocycles. The van der Waals surface area contributed by atoms with Crippen LogP contribution in [-0.4, -0.2) is 39.0 Å². The van der Waals surface area contributed by atoms with E-state index < -0.39 is 0 Å². The minimum absolute atomic E-state index is 0.0420. The number of hydrazone groups is 1. The summed E-state index contributed by atoms with van der Waals surface area (Å²) < 4.78 is 7.22. The summed E-state index contributed by atoms with van der Waals surface area (Å²) in [6.07, 6.45) is 4.26. The summed E-state index contributed by atoms with van der Waals surface area (Å²) in [6, 6.07) is 22.3. The maximum absolute atomic E-state index is 13.3. The highest BCUT2D eigenvalue weighted by atomic mass is 32.2. The van der Waals surface area contributed by atoms with E-state index in [9.17, 15) is 4.79 Å². The molecule has 0 spiro atoms. The van der Waals surface area contributed by atoms with Gasteiger partial charge in [-0.3, -0.25) is 4.79 Å². The summed E-state index contributed by atoms with van der Waals surface area (Å²) in [4.78, 5) is 17.6. The van der Waals surface area contributed by atoms with E-state index in [-0.39, 0.29) is 17.7 Å². The lowest BCUT2D eigenvalue weighted by atomic mass is 9.97. The lowest BCUT2D eigenvalue weighted by Gasteiger charge is -2.22. The fraction of sp³-hybridized carbons (Fsp3) is 0.192. The van der Waals surface area contributed by atoms with Gasteiger partial charge in [0, 0.05) is 25.9 Å². The number of ether oxygens (including phenoxy) is 1. The van der Waals surface area contributed by atoms with Gasteiger partial charge in [0.05, 0.1) is 24.6 Å².